The number of allylic oxidation sites excluding steroid dienone is 3. The molecule has 0 amide bonds. The van der Waals surface area contributed by atoms with Crippen LogP contribution < -0.4 is 5.11 Å². The van der Waals surface area contributed by atoms with E-state index in [1.807, 2.05) is 36.4 Å². The van der Waals surface area contributed by atoms with E-state index in [9.17, 15) is 5.11 Å². The zero-order valence-electron chi connectivity index (χ0n) is 13.1. The zero-order chi connectivity index (χ0) is 15.5. The van der Waals surface area contributed by atoms with Crippen molar-refractivity contribution >= 4 is 0 Å². The van der Waals surface area contributed by atoms with Crippen LogP contribution in [0.5, 0.6) is 0 Å². The first kappa shape index (κ1) is 20.6. The molecule has 0 unspecified atom stereocenters. The van der Waals surface area contributed by atoms with Gasteiger partial charge in [-0.2, -0.15) is 12.1 Å². The molecule has 1 aliphatic carbocycles. The third-order valence-corrected chi connectivity index (χ3v) is 2.74. The minimum atomic E-state index is -0.278. The minimum absolute atomic E-state index is 0. The molecule has 1 aromatic carbocycles. The summed E-state index contributed by atoms with van der Waals surface area (Å²) in [6, 6.07) is 8.11. The fourth-order valence-electron chi connectivity index (χ4n) is 1.82. The maximum absolute atomic E-state index is 11.3. The molecule has 0 aromatic heterocycles. The first-order valence-electron chi connectivity index (χ1n) is 6.83. The Labute approximate surface area is 142 Å². The first-order chi connectivity index (χ1) is 10.2. The molecule has 0 spiro atoms. The van der Waals surface area contributed by atoms with Crippen LogP contribution in [0.2, 0.25) is 0 Å². The fraction of sp³-hybridized carbons (Fsp3) is 0.353. The average molecular weight is 346 g/mol. The molecule has 0 saturated heterocycles. The molecule has 1 aliphatic rings. The van der Waals surface area contributed by atoms with Crippen LogP contribution in [0, 0.1) is 0 Å². The molecule has 0 saturated carbocycles. The van der Waals surface area contributed by atoms with Gasteiger partial charge in [0.2, 0.25) is 0 Å². The summed E-state index contributed by atoms with van der Waals surface area (Å²) in [5.41, 5.74) is 2.72. The van der Waals surface area contributed by atoms with E-state index in [0.717, 1.165) is 12.2 Å². The van der Waals surface area contributed by atoms with E-state index in [1.165, 1.54) is 5.56 Å². The summed E-state index contributed by atoms with van der Waals surface area (Å²) in [5.74, 6) is -0.278. The summed E-state index contributed by atoms with van der Waals surface area (Å²) < 4.78 is 14.7. The van der Waals surface area contributed by atoms with E-state index < -0.39 is 0 Å². The van der Waals surface area contributed by atoms with Gasteiger partial charge < -0.3 is 19.3 Å². The molecular weight excluding hydrogens is 324 g/mol. The summed E-state index contributed by atoms with van der Waals surface area (Å²) in [5, 5.41) is 11.3. The van der Waals surface area contributed by atoms with Crippen LogP contribution in [0.25, 0.3) is 0 Å². The fourth-order valence-corrected chi connectivity index (χ4v) is 1.82. The maximum Gasteiger partial charge on any atom is 2.00 e. The van der Waals surface area contributed by atoms with E-state index in [2.05, 4.69) is 0 Å². The van der Waals surface area contributed by atoms with Crippen molar-refractivity contribution in [2.45, 2.75) is 13.5 Å². The third kappa shape index (κ3) is 7.05. The number of methoxy groups -OCH3 is 2. The SMILES string of the molecule is CCOC([O-])=C1C=CC=C1COC.COCc1ccc[cH-]1.[Fe+2]. The molecule has 122 valence electrons. The van der Waals surface area contributed by atoms with Gasteiger partial charge in [0.05, 0.1) is 12.6 Å². The summed E-state index contributed by atoms with van der Waals surface area (Å²) in [6.45, 7) is 3.36. The normalized spacial score (nSPS) is 14.6. The molecule has 0 atom stereocenters. The Morgan fingerprint density at radius 1 is 1.23 bits per heavy atom. The van der Waals surface area contributed by atoms with Gasteiger partial charge >= 0.3 is 17.1 Å². The van der Waals surface area contributed by atoms with Gasteiger partial charge in [0.1, 0.15) is 0 Å². The van der Waals surface area contributed by atoms with Crippen LogP contribution in [-0.2, 0) is 37.9 Å². The average Bonchev–Trinajstić information content (AvgIpc) is 3.12. The molecule has 1 aromatic rings. The van der Waals surface area contributed by atoms with Crippen LogP contribution in [0.3, 0.4) is 0 Å². The Balaban J connectivity index is 0.000000423. The molecule has 0 aliphatic heterocycles. The van der Waals surface area contributed by atoms with Gasteiger partial charge in [-0.25, -0.2) is 12.1 Å². The molecule has 0 radical (unpaired) electrons. The van der Waals surface area contributed by atoms with Gasteiger partial charge in [-0.1, -0.05) is 25.2 Å². The van der Waals surface area contributed by atoms with Gasteiger partial charge in [-0.3, -0.25) is 0 Å². The van der Waals surface area contributed by atoms with Crippen molar-refractivity contribution in [3.63, 3.8) is 0 Å². The van der Waals surface area contributed by atoms with Crippen molar-refractivity contribution < 1.29 is 36.4 Å². The van der Waals surface area contributed by atoms with Gasteiger partial charge in [0, 0.05) is 26.4 Å². The van der Waals surface area contributed by atoms with Gasteiger partial charge in [-0.05, 0) is 12.2 Å². The molecule has 0 fully saturated rings. The van der Waals surface area contributed by atoms with Gasteiger partial charge in [0.25, 0.3) is 0 Å². The molecule has 22 heavy (non-hydrogen) atoms. The molecule has 0 bridgehead atoms. The summed E-state index contributed by atoms with van der Waals surface area (Å²) in [4.78, 5) is 0. The van der Waals surface area contributed by atoms with Crippen molar-refractivity contribution in [2.24, 2.45) is 0 Å². The van der Waals surface area contributed by atoms with E-state index in [4.69, 9.17) is 14.2 Å². The first-order valence-corrected chi connectivity index (χ1v) is 6.83. The second kappa shape index (κ2) is 12.2. The number of hydrogen-bond donors (Lipinski definition) is 0. The van der Waals surface area contributed by atoms with E-state index >= 15 is 0 Å². The van der Waals surface area contributed by atoms with E-state index in [-0.39, 0.29) is 23.0 Å². The summed E-state index contributed by atoms with van der Waals surface area (Å²) in [7, 11) is 3.30. The smallest absolute Gasteiger partial charge is 0.613 e. The Bertz CT molecular complexity index is 487. The molecule has 5 heteroatoms. The van der Waals surface area contributed by atoms with Crippen LogP contribution >= 0.6 is 0 Å². The topological polar surface area (TPSA) is 50.8 Å². The van der Waals surface area contributed by atoms with Crippen LogP contribution in [0.1, 0.15) is 12.5 Å². The Morgan fingerprint density at radius 2 is 1.95 bits per heavy atom. The number of ether oxygens (including phenoxy) is 3. The number of rotatable bonds is 6. The second-order valence-corrected chi connectivity index (χ2v) is 4.34. The third-order valence-electron chi connectivity index (χ3n) is 2.74. The summed E-state index contributed by atoms with van der Waals surface area (Å²) >= 11 is 0. The second-order valence-electron chi connectivity index (χ2n) is 4.34. The summed E-state index contributed by atoms with van der Waals surface area (Å²) in [6.07, 6.45) is 5.42. The van der Waals surface area contributed by atoms with Crippen LogP contribution in [0.15, 0.2) is 59.6 Å². The molecule has 4 nitrogen and oxygen atoms in total. The Kier molecular flexibility index (Phi) is 11.4. The number of hydrogen-bond acceptors (Lipinski definition) is 4. The Morgan fingerprint density at radius 3 is 2.50 bits per heavy atom. The largest absolute Gasteiger partial charge is 2.00 e. The standard InChI is InChI=1S/C10H14O3.C7H9O.Fe/c1-3-13-10(11)9-6-4-5-8(9)7-12-2;1-8-6-7-4-2-3-5-7;/h4-6,11H,3,7H2,1-2H3;2-5H,6H2,1H3;/q;-1;+2/p-1. The van der Waals surface area contributed by atoms with Crippen molar-refractivity contribution in [1.82, 2.24) is 0 Å². The van der Waals surface area contributed by atoms with Crippen molar-refractivity contribution in [3.05, 3.63) is 65.1 Å². The molecule has 0 heterocycles. The van der Waals surface area contributed by atoms with Gasteiger partial charge in [0.15, 0.2) is 0 Å². The van der Waals surface area contributed by atoms with Crippen LogP contribution in [-0.4, -0.2) is 27.4 Å². The van der Waals surface area contributed by atoms with Crippen molar-refractivity contribution in [1.29, 1.82) is 0 Å². The minimum Gasteiger partial charge on any atom is -0.613 e. The van der Waals surface area contributed by atoms with E-state index in [0.29, 0.717) is 18.8 Å². The van der Waals surface area contributed by atoms with Crippen molar-refractivity contribution in [3.8, 4) is 0 Å². The predicted molar refractivity (Wildman–Crippen MR) is 80.5 cm³/mol. The zero-order valence-corrected chi connectivity index (χ0v) is 14.3. The molecule has 0 N–H and O–H groups in total. The predicted octanol–water partition coefficient (Wildman–Crippen LogP) is 2.29. The van der Waals surface area contributed by atoms with Crippen LogP contribution in [0.4, 0.5) is 0 Å². The quantitative estimate of drug-likeness (QED) is 0.451. The Hall–Kier alpha value is -1.39. The molecule has 2 rings (SSSR count). The van der Waals surface area contributed by atoms with Crippen molar-refractivity contribution in [2.75, 3.05) is 27.4 Å². The maximum atomic E-state index is 11.3. The van der Waals surface area contributed by atoms with E-state index in [1.54, 1.807) is 27.2 Å². The monoisotopic (exact) mass is 346 g/mol. The van der Waals surface area contributed by atoms with Gasteiger partial charge in [-0.15, -0.1) is 5.56 Å². The molecular formula is C17H22FeO4.